The first-order chi connectivity index (χ1) is 18.1. The predicted octanol–water partition coefficient (Wildman–Crippen LogP) is 7.52. The molecule has 2 aliphatic rings. The van der Waals surface area contributed by atoms with Gasteiger partial charge in [-0.15, -0.1) is 0 Å². The van der Waals surface area contributed by atoms with Gasteiger partial charge in [0.1, 0.15) is 24.0 Å². The Morgan fingerprint density at radius 2 is 1.46 bits per heavy atom. The van der Waals surface area contributed by atoms with E-state index in [-0.39, 0.29) is 8.58 Å². The van der Waals surface area contributed by atoms with Crippen molar-refractivity contribution in [3.63, 3.8) is 0 Å². The zero-order chi connectivity index (χ0) is 25.5. The monoisotopic (exact) mass is 512 g/mol. The first kappa shape index (κ1) is 25.4. The summed E-state index contributed by atoms with van der Waals surface area (Å²) >= 11 is 0. The fourth-order valence-electron chi connectivity index (χ4n) is 4.90. The van der Waals surface area contributed by atoms with Crippen LogP contribution in [-0.4, -0.2) is 0 Å². The highest BCUT2D eigenvalue weighted by molar-refractivity contribution is 7.55. The van der Waals surface area contributed by atoms with E-state index < -0.39 is 11.6 Å². The van der Waals surface area contributed by atoms with Gasteiger partial charge in [0, 0.05) is 16.7 Å². The molecule has 0 aliphatic heterocycles. The van der Waals surface area contributed by atoms with Gasteiger partial charge in [0.05, 0.1) is 0 Å². The van der Waals surface area contributed by atoms with Crippen LogP contribution in [0.25, 0.3) is 0 Å². The van der Waals surface area contributed by atoms with E-state index in [1.165, 1.54) is 11.6 Å². The smallest absolute Gasteiger partial charge is 0.133 e. The Labute approximate surface area is 220 Å². The van der Waals surface area contributed by atoms with Crippen molar-refractivity contribution in [2.45, 2.75) is 32.3 Å². The van der Waals surface area contributed by atoms with Crippen molar-refractivity contribution in [1.82, 2.24) is 0 Å². The van der Waals surface area contributed by atoms with Crippen molar-refractivity contribution in [2.24, 2.45) is 11.8 Å². The second kappa shape index (κ2) is 12.3. The van der Waals surface area contributed by atoms with Crippen LogP contribution in [0.5, 0.6) is 5.75 Å². The SMILES string of the molecule is Fc1ccc(Pc2cc(CC3C=CC=CC3)cc(CC3C=CC=CC3)c2OCc2ccccc2)c(F)c1. The molecular formula is C33H31F2OP. The van der Waals surface area contributed by atoms with Gasteiger partial charge in [-0.25, -0.2) is 8.78 Å². The molecule has 0 aromatic heterocycles. The minimum absolute atomic E-state index is 0.0247. The van der Waals surface area contributed by atoms with Crippen LogP contribution in [0.1, 0.15) is 29.5 Å². The molecule has 37 heavy (non-hydrogen) atoms. The summed E-state index contributed by atoms with van der Waals surface area (Å²) in [6.07, 6.45) is 21.1. The van der Waals surface area contributed by atoms with Gasteiger partial charge in [-0.05, 0) is 72.4 Å². The molecule has 0 heterocycles. The maximum atomic E-state index is 14.8. The van der Waals surface area contributed by atoms with Gasteiger partial charge in [0.25, 0.3) is 0 Å². The van der Waals surface area contributed by atoms with E-state index in [0.717, 1.165) is 53.9 Å². The fourth-order valence-corrected chi connectivity index (χ4v) is 6.16. The van der Waals surface area contributed by atoms with Crippen LogP contribution < -0.4 is 15.3 Å². The minimum atomic E-state index is -0.560. The Hall–Kier alpha value is -3.29. The third-order valence-corrected chi connectivity index (χ3v) is 8.09. The van der Waals surface area contributed by atoms with Crippen molar-refractivity contribution in [3.05, 3.63) is 138 Å². The van der Waals surface area contributed by atoms with Crippen LogP contribution >= 0.6 is 8.58 Å². The van der Waals surface area contributed by atoms with Crippen LogP contribution in [0.2, 0.25) is 0 Å². The molecule has 3 atom stereocenters. The van der Waals surface area contributed by atoms with Gasteiger partial charge in [-0.2, -0.15) is 0 Å². The number of benzene rings is 3. The van der Waals surface area contributed by atoms with E-state index in [1.54, 1.807) is 6.07 Å². The van der Waals surface area contributed by atoms with Crippen LogP contribution in [0.4, 0.5) is 8.78 Å². The Bertz CT molecular complexity index is 1340. The minimum Gasteiger partial charge on any atom is -0.488 e. The van der Waals surface area contributed by atoms with Crippen LogP contribution in [0.3, 0.4) is 0 Å². The number of hydrogen-bond acceptors (Lipinski definition) is 1. The zero-order valence-corrected chi connectivity index (χ0v) is 21.7. The first-order valence-corrected chi connectivity index (χ1v) is 13.9. The molecule has 0 saturated heterocycles. The van der Waals surface area contributed by atoms with E-state index in [1.807, 2.05) is 30.3 Å². The highest BCUT2D eigenvalue weighted by atomic mass is 31.1. The quantitative estimate of drug-likeness (QED) is 0.270. The highest BCUT2D eigenvalue weighted by Crippen LogP contribution is 2.32. The highest BCUT2D eigenvalue weighted by Gasteiger charge is 2.19. The van der Waals surface area contributed by atoms with Crippen molar-refractivity contribution in [3.8, 4) is 5.75 Å². The Morgan fingerprint density at radius 1 is 0.730 bits per heavy atom. The maximum absolute atomic E-state index is 14.8. The molecule has 4 heteroatoms. The summed E-state index contributed by atoms with van der Waals surface area (Å²) in [5.74, 6) is 0.577. The topological polar surface area (TPSA) is 9.23 Å². The molecule has 0 radical (unpaired) electrons. The van der Waals surface area contributed by atoms with Crippen LogP contribution in [-0.2, 0) is 19.4 Å². The Morgan fingerprint density at radius 3 is 2.14 bits per heavy atom. The van der Waals surface area contributed by atoms with E-state index in [9.17, 15) is 8.78 Å². The molecule has 0 saturated carbocycles. The molecule has 0 bridgehead atoms. The number of allylic oxidation sites excluding steroid dienone is 8. The number of hydrogen-bond donors (Lipinski definition) is 0. The number of ether oxygens (including phenoxy) is 1. The Kier molecular flexibility index (Phi) is 8.43. The third kappa shape index (κ3) is 6.93. The molecule has 0 fully saturated rings. The maximum Gasteiger partial charge on any atom is 0.133 e. The lowest BCUT2D eigenvalue weighted by molar-refractivity contribution is 0.304. The Balaban J connectivity index is 1.53. The van der Waals surface area contributed by atoms with E-state index in [0.29, 0.717) is 23.7 Å². The molecule has 3 aromatic rings. The first-order valence-electron chi connectivity index (χ1n) is 12.9. The lowest BCUT2D eigenvalue weighted by Crippen LogP contribution is -2.17. The molecule has 1 nitrogen and oxygen atoms in total. The molecule has 0 spiro atoms. The number of rotatable bonds is 9. The average molecular weight is 513 g/mol. The van der Waals surface area contributed by atoms with E-state index in [2.05, 4.69) is 60.7 Å². The number of halogens is 2. The molecule has 3 unspecified atom stereocenters. The van der Waals surface area contributed by atoms with Crippen molar-refractivity contribution >= 4 is 19.2 Å². The van der Waals surface area contributed by atoms with Crippen LogP contribution in [0, 0.1) is 23.5 Å². The van der Waals surface area contributed by atoms with Gasteiger partial charge in [-0.3, -0.25) is 0 Å². The average Bonchev–Trinajstić information content (AvgIpc) is 2.91. The summed E-state index contributed by atoms with van der Waals surface area (Å²) in [6, 6.07) is 18.4. The third-order valence-electron chi connectivity index (χ3n) is 6.77. The van der Waals surface area contributed by atoms with Gasteiger partial charge >= 0.3 is 0 Å². The fraction of sp³-hybridized carbons (Fsp3) is 0.212. The van der Waals surface area contributed by atoms with Gasteiger partial charge < -0.3 is 4.74 Å². The molecule has 2 aliphatic carbocycles. The molecule has 3 aromatic carbocycles. The molecule has 188 valence electrons. The lowest BCUT2D eigenvalue weighted by Gasteiger charge is -2.22. The van der Waals surface area contributed by atoms with Crippen LogP contribution in [0.15, 0.2) is 109 Å². The zero-order valence-electron chi connectivity index (χ0n) is 20.7. The van der Waals surface area contributed by atoms with E-state index in [4.69, 9.17) is 4.74 Å². The summed E-state index contributed by atoms with van der Waals surface area (Å²) in [7, 11) is 0.0247. The second-order valence-corrected chi connectivity index (χ2v) is 11.0. The van der Waals surface area contributed by atoms with Gasteiger partial charge in [0.2, 0.25) is 0 Å². The van der Waals surface area contributed by atoms with Crippen molar-refractivity contribution < 1.29 is 13.5 Å². The molecule has 0 N–H and O–H groups in total. The van der Waals surface area contributed by atoms with Gasteiger partial charge in [-0.1, -0.05) is 93.6 Å². The second-order valence-electron chi connectivity index (χ2n) is 9.68. The van der Waals surface area contributed by atoms with E-state index >= 15 is 0 Å². The van der Waals surface area contributed by atoms with Gasteiger partial charge in [0.15, 0.2) is 0 Å². The molecule has 0 amide bonds. The summed E-state index contributed by atoms with van der Waals surface area (Å²) in [5.41, 5.74) is 3.46. The predicted molar refractivity (Wildman–Crippen MR) is 151 cm³/mol. The standard InChI is InChI=1S/C33H31F2OP/c34-29-16-17-31(30(35)22-29)37-32-21-27(18-24-10-4-1-5-11-24)20-28(19-25-12-6-2-7-13-25)33(32)36-23-26-14-8-3-9-15-26/h1-10,12,14-17,20-22,24-25,37H,11,13,18-19,23H2. The largest absolute Gasteiger partial charge is 0.488 e. The summed E-state index contributed by atoms with van der Waals surface area (Å²) in [6.45, 7) is 0.438. The summed E-state index contributed by atoms with van der Waals surface area (Å²) in [5, 5.41) is 1.47. The summed E-state index contributed by atoms with van der Waals surface area (Å²) < 4.78 is 34.9. The molecular weight excluding hydrogens is 481 g/mol. The van der Waals surface area contributed by atoms with Crippen molar-refractivity contribution in [1.29, 1.82) is 0 Å². The normalized spacial score (nSPS) is 18.6. The lowest BCUT2D eigenvalue weighted by atomic mass is 9.89. The van der Waals surface area contributed by atoms with Crippen molar-refractivity contribution in [2.75, 3.05) is 0 Å². The molecule has 5 rings (SSSR count). The summed E-state index contributed by atoms with van der Waals surface area (Å²) in [4.78, 5) is 0.